The van der Waals surface area contributed by atoms with Gasteiger partial charge in [-0.3, -0.25) is 0 Å². The summed E-state index contributed by atoms with van der Waals surface area (Å²) in [5, 5.41) is 1.12. The van der Waals surface area contributed by atoms with Crippen LogP contribution in [0.2, 0.25) is 0 Å². The van der Waals surface area contributed by atoms with Gasteiger partial charge in [-0.15, -0.1) is 0 Å². The van der Waals surface area contributed by atoms with Crippen LogP contribution >= 0.6 is 0 Å². The highest BCUT2D eigenvalue weighted by Gasteiger charge is 2.17. The smallest absolute Gasteiger partial charge is 0.355 e. The van der Waals surface area contributed by atoms with Crippen molar-refractivity contribution < 1.29 is 13.6 Å². The van der Waals surface area contributed by atoms with E-state index in [0.717, 1.165) is 30.0 Å². The quantitative estimate of drug-likeness (QED) is 0.428. The van der Waals surface area contributed by atoms with Crippen LogP contribution in [-0.4, -0.2) is 29.6 Å². The van der Waals surface area contributed by atoms with Gasteiger partial charge < -0.3 is 8.85 Å². The fourth-order valence-electron chi connectivity index (χ4n) is 1.88. The SMILES string of the molecule is CCCCc1cc(N=C=O)ccc1[SiH](OC)OC. The van der Waals surface area contributed by atoms with Crippen LogP contribution in [0.4, 0.5) is 5.69 Å². The summed E-state index contributed by atoms with van der Waals surface area (Å²) in [5.74, 6) is 0. The zero-order chi connectivity index (χ0) is 13.4. The highest BCUT2D eigenvalue weighted by Crippen LogP contribution is 2.15. The molecule has 0 unspecified atom stereocenters. The summed E-state index contributed by atoms with van der Waals surface area (Å²) >= 11 is 0. The maximum Gasteiger partial charge on any atom is 0.355 e. The molecule has 0 saturated carbocycles. The second-order valence-corrected chi connectivity index (χ2v) is 6.22. The third-order valence-electron chi connectivity index (χ3n) is 2.78. The number of isocyanates is 1. The van der Waals surface area contributed by atoms with E-state index in [9.17, 15) is 4.79 Å². The Bertz CT molecular complexity index is 426. The topological polar surface area (TPSA) is 47.9 Å². The van der Waals surface area contributed by atoms with E-state index in [2.05, 4.69) is 11.9 Å². The minimum atomic E-state index is -1.81. The minimum absolute atomic E-state index is 0.639. The summed E-state index contributed by atoms with van der Waals surface area (Å²) in [6.07, 6.45) is 4.73. The summed E-state index contributed by atoms with van der Waals surface area (Å²) in [7, 11) is 1.52. The lowest BCUT2D eigenvalue weighted by atomic mass is 10.1. The Morgan fingerprint density at radius 3 is 2.61 bits per heavy atom. The van der Waals surface area contributed by atoms with Gasteiger partial charge in [0.05, 0.1) is 5.69 Å². The molecule has 0 aromatic heterocycles. The van der Waals surface area contributed by atoms with E-state index < -0.39 is 9.28 Å². The van der Waals surface area contributed by atoms with Crippen molar-refractivity contribution in [3.05, 3.63) is 23.8 Å². The summed E-state index contributed by atoms with van der Waals surface area (Å²) in [6, 6.07) is 5.67. The standard InChI is InChI=1S/C13H19NO3Si/c1-4-5-6-11-9-12(14-10-15)7-8-13(11)18(16-2)17-3/h7-9,18H,4-6H2,1-3H3. The number of benzene rings is 1. The Hall–Kier alpha value is -1.26. The van der Waals surface area contributed by atoms with Crippen molar-refractivity contribution in [1.82, 2.24) is 0 Å². The van der Waals surface area contributed by atoms with Gasteiger partial charge in [0, 0.05) is 14.2 Å². The number of hydrogen-bond donors (Lipinski definition) is 0. The molecule has 0 aliphatic carbocycles. The van der Waals surface area contributed by atoms with Crippen LogP contribution in [0.25, 0.3) is 0 Å². The second-order valence-electron chi connectivity index (χ2n) is 3.99. The van der Waals surface area contributed by atoms with Crippen molar-refractivity contribution in [2.45, 2.75) is 26.2 Å². The molecule has 0 aliphatic heterocycles. The summed E-state index contributed by atoms with van der Waals surface area (Å²) in [4.78, 5) is 14.0. The fourth-order valence-corrected chi connectivity index (χ4v) is 3.36. The van der Waals surface area contributed by atoms with Crippen LogP contribution in [0.5, 0.6) is 0 Å². The molecule has 0 amide bonds. The molecule has 98 valence electrons. The number of nitrogens with zero attached hydrogens (tertiary/aromatic N) is 1. The van der Waals surface area contributed by atoms with Gasteiger partial charge in [-0.25, -0.2) is 4.79 Å². The third kappa shape index (κ3) is 3.89. The molecule has 0 N–H and O–H groups in total. The number of aliphatic imine (C=N–C) groups is 1. The molecule has 18 heavy (non-hydrogen) atoms. The second kappa shape index (κ2) is 7.95. The molecule has 0 radical (unpaired) electrons. The van der Waals surface area contributed by atoms with Crippen molar-refractivity contribution in [3.63, 3.8) is 0 Å². The van der Waals surface area contributed by atoms with Gasteiger partial charge in [0.15, 0.2) is 0 Å². The Morgan fingerprint density at radius 1 is 1.33 bits per heavy atom. The van der Waals surface area contributed by atoms with E-state index in [1.165, 1.54) is 0 Å². The first-order valence-electron chi connectivity index (χ1n) is 6.03. The molecule has 0 heterocycles. The van der Waals surface area contributed by atoms with E-state index in [1.807, 2.05) is 12.1 Å². The van der Waals surface area contributed by atoms with Gasteiger partial charge in [0.25, 0.3) is 0 Å². The maximum absolute atomic E-state index is 10.3. The van der Waals surface area contributed by atoms with E-state index in [4.69, 9.17) is 8.85 Å². The monoisotopic (exact) mass is 265 g/mol. The lowest BCUT2D eigenvalue weighted by molar-refractivity contribution is 0.291. The number of aryl methyl sites for hydroxylation is 1. The molecule has 0 fully saturated rings. The van der Waals surface area contributed by atoms with Gasteiger partial charge in [0.1, 0.15) is 0 Å². The molecule has 1 aromatic carbocycles. The Balaban J connectivity index is 3.10. The Morgan fingerprint density at radius 2 is 2.06 bits per heavy atom. The zero-order valence-electron chi connectivity index (χ0n) is 11.1. The van der Waals surface area contributed by atoms with Crippen LogP contribution in [0.1, 0.15) is 25.3 Å². The van der Waals surface area contributed by atoms with Gasteiger partial charge in [-0.05, 0) is 35.7 Å². The molecule has 1 rings (SSSR count). The van der Waals surface area contributed by atoms with Crippen LogP contribution in [0, 0.1) is 0 Å². The summed E-state index contributed by atoms with van der Waals surface area (Å²) in [6.45, 7) is 2.15. The van der Waals surface area contributed by atoms with Crippen LogP contribution in [-0.2, 0) is 20.1 Å². The van der Waals surface area contributed by atoms with Gasteiger partial charge in [-0.1, -0.05) is 19.4 Å². The average molecular weight is 265 g/mol. The maximum atomic E-state index is 10.3. The molecule has 4 nitrogen and oxygen atoms in total. The van der Waals surface area contributed by atoms with E-state index in [-0.39, 0.29) is 0 Å². The normalized spacial score (nSPS) is 10.4. The van der Waals surface area contributed by atoms with Crippen molar-refractivity contribution >= 4 is 26.2 Å². The average Bonchev–Trinajstić information content (AvgIpc) is 2.40. The number of carbonyl (C=O) groups excluding carboxylic acids is 1. The highest BCUT2D eigenvalue weighted by atomic mass is 28.3. The van der Waals surface area contributed by atoms with E-state index in [0.29, 0.717) is 5.69 Å². The Labute approximate surface area is 109 Å². The summed E-state index contributed by atoms with van der Waals surface area (Å²) < 4.78 is 10.8. The molecule has 5 heteroatoms. The predicted octanol–water partition coefficient (Wildman–Crippen LogP) is 1.72. The number of unbranched alkanes of at least 4 members (excludes halogenated alkanes) is 1. The first kappa shape index (κ1) is 14.8. The van der Waals surface area contributed by atoms with Gasteiger partial charge >= 0.3 is 9.28 Å². The zero-order valence-corrected chi connectivity index (χ0v) is 12.3. The molecule has 0 spiro atoms. The predicted molar refractivity (Wildman–Crippen MR) is 73.6 cm³/mol. The van der Waals surface area contributed by atoms with Crippen LogP contribution < -0.4 is 5.19 Å². The third-order valence-corrected chi connectivity index (χ3v) is 4.71. The Kier molecular flexibility index (Phi) is 6.53. The molecule has 1 aromatic rings. The minimum Gasteiger partial charge on any atom is -0.397 e. The molecule has 0 aliphatic rings. The number of rotatable bonds is 7. The van der Waals surface area contributed by atoms with Crippen molar-refractivity contribution in [3.8, 4) is 0 Å². The molecular weight excluding hydrogens is 246 g/mol. The summed E-state index contributed by atoms with van der Waals surface area (Å²) in [5.41, 5.74) is 1.80. The number of hydrogen-bond acceptors (Lipinski definition) is 4. The van der Waals surface area contributed by atoms with Gasteiger partial charge in [0.2, 0.25) is 6.08 Å². The van der Waals surface area contributed by atoms with Crippen molar-refractivity contribution in [1.29, 1.82) is 0 Å². The van der Waals surface area contributed by atoms with E-state index >= 15 is 0 Å². The molecular formula is C13H19NO3Si. The van der Waals surface area contributed by atoms with Crippen LogP contribution in [0.3, 0.4) is 0 Å². The molecule has 0 atom stereocenters. The molecule has 0 saturated heterocycles. The molecule has 0 bridgehead atoms. The largest absolute Gasteiger partial charge is 0.397 e. The highest BCUT2D eigenvalue weighted by molar-refractivity contribution is 6.61. The van der Waals surface area contributed by atoms with Crippen LogP contribution in [0.15, 0.2) is 23.2 Å². The fraction of sp³-hybridized carbons (Fsp3) is 0.462. The van der Waals surface area contributed by atoms with Crippen molar-refractivity contribution in [2.75, 3.05) is 14.2 Å². The van der Waals surface area contributed by atoms with Crippen molar-refractivity contribution in [2.24, 2.45) is 4.99 Å². The lowest BCUT2D eigenvalue weighted by Crippen LogP contribution is -2.37. The van der Waals surface area contributed by atoms with Gasteiger partial charge in [-0.2, -0.15) is 4.99 Å². The first-order valence-corrected chi connectivity index (χ1v) is 7.55. The van der Waals surface area contributed by atoms with E-state index in [1.54, 1.807) is 26.4 Å². The first-order chi connectivity index (χ1) is 8.76. The lowest BCUT2D eigenvalue weighted by Gasteiger charge is -2.16.